The summed E-state index contributed by atoms with van der Waals surface area (Å²) in [5.41, 5.74) is 1.02. The van der Waals surface area contributed by atoms with Gasteiger partial charge < -0.3 is 4.74 Å². The van der Waals surface area contributed by atoms with Crippen molar-refractivity contribution >= 4 is 11.3 Å². The highest BCUT2D eigenvalue weighted by atomic mass is 32.1. The molecule has 0 saturated carbocycles. The first-order valence-corrected chi connectivity index (χ1v) is 6.77. The minimum absolute atomic E-state index is 0.534. The molecule has 0 spiro atoms. The normalized spacial score (nSPS) is 10.6. The number of benzene rings is 1. The van der Waals surface area contributed by atoms with E-state index in [1.54, 1.807) is 22.2 Å². The van der Waals surface area contributed by atoms with Crippen LogP contribution in [0.3, 0.4) is 0 Å². The maximum atomic E-state index is 5.69. The molecule has 3 aromatic rings. The molecule has 19 heavy (non-hydrogen) atoms. The molecule has 0 saturated heterocycles. The minimum Gasteiger partial charge on any atom is -0.485 e. The van der Waals surface area contributed by atoms with Crippen LogP contribution in [0.25, 0.3) is 5.69 Å². The molecule has 2 aromatic heterocycles. The Labute approximate surface area is 115 Å². The van der Waals surface area contributed by atoms with Crippen molar-refractivity contribution in [3.05, 3.63) is 58.8 Å². The van der Waals surface area contributed by atoms with Gasteiger partial charge in [0.15, 0.2) is 5.75 Å². The average molecular weight is 271 g/mol. The Morgan fingerprint density at radius 3 is 2.79 bits per heavy atom. The maximum absolute atomic E-state index is 5.69. The van der Waals surface area contributed by atoms with Gasteiger partial charge in [0.1, 0.15) is 6.61 Å². The average Bonchev–Trinajstić information content (AvgIpc) is 3.06. The lowest BCUT2D eigenvalue weighted by Gasteiger charge is -2.00. The molecule has 96 valence electrons. The smallest absolute Gasteiger partial charge is 0.158 e. The molecule has 3 rings (SSSR count). The van der Waals surface area contributed by atoms with Crippen molar-refractivity contribution in [2.45, 2.75) is 13.5 Å². The van der Waals surface area contributed by atoms with Crippen molar-refractivity contribution in [2.24, 2.45) is 0 Å². The topological polar surface area (TPSA) is 39.9 Å². The van der Waals surface area contributed by atoms with Gasteiger partial charge in [-0.2, -0.15) is 5.10 Å². The van der Waals surface area contributed by atoms with Crippen LogP contribution in [0, 0.1) is 6.92 Å². The van der Waals surface area contributed by atoms with E-state index in [4.69, 9.17) is 4.74 Å². The molecule has 0 amide bonds. The van der Waals surface area contributed by atoms with Gasteiger partial charge in [-0.3, -0.25) is 0 Å². The van der Waals surface area contributed by atoms with Crippen molar-refractivity contribution < 1.29 is 4.74 Å². The van der Waals surface area contributed by atoms with Gasteiger partial charge in [-0.25, -0.2) is 9.67 Å². The van der Waals surface area contributed by atoms with E-state index in [0.717, 1.165) is 21.3 Å². The van der Waals surface area contributed by atoms with Crippen molar-refractivity contribution in [3.8, 4) is 11.4 Å². The van der Waals surface area contributed by atoms with Crippen LogP contribution in [0.5, 0.6) is 5.75 Å². The third-order valence-electron chi connectivity index (χ3n) is 2.63. The predicted molar refractivity (Wildman–Crippen MR) is 74.7 cm³/mol. The largest absolute Gasteiger partial charge is 0.485 e. The third kappa shape index (κ3) is 2.82. The zero-order valence-electron chi connectivity index (χ0n) is 10.5. The van der Waals surface area contributed by atoms with E-state index >= 15 is 0 Å². The zero-order chi connectivity index (χ0) is 13.1. The molecule has 4 nitrogen and oxygen atoms in total. The lowest BCUT2D eigenvalue weighted by molar-refractivity contribution is 0.309. The highest BCUT2D eigenvalue weighted by molar-refractivity contribution is 7.11. The molecule has 0 N–H and O–H groups in total. The Kier molecular flexibility index (Phi) is 3.29. The van der Waals surface area contributed by atoms with E-state index in [1.165, 1.54) is 0 Å². The fraction of sp³-hybridized carbons (Fsp3) is 0.143. The van der Waals surface area contributed by atoms with Gasteiger partial charge >= 0.3 is 0 Å². The number of nitrogens with zero attached hydrogens (tertiary/aromatic N) is 3. The van der Waals surface area contributed by atoms with Crippen LogP contribution in [0.1, 0.15) is 9.88 Å². The number of para-hydroxylation sites is 1. The van der Waals surface area contributed by atoms with Gasteiger partial charge in [0.25, 0.3) is 0 Å². The Balaban J connectivity index is 1.68. The Bertz CT molecular complexity index is 660. The van der Waals surface area contributed by atoms with E-state index in [2.05, 4.69) is 10.1 Å². The summed E-state index contributed by atoms with van der Waals surface area (Å²) in [5, 5.41) is 5.34. The monoisotopic (exact) mass is 271 g/mol. The molecular formula is C14H13N3OS. The number of aryl methyl sites for hydroxylation is 1. The highest BCUT2D eigenvalue weighted by Crippen LogP contribution is 2.17. The molecule has 0 radical (unpaired) electrons. The van der Waals surface area contributed by atoms with Gasteiger partial charge in [-0.1, -0.05) is 18.2 Å². The van der Waals surface area contributed by atoms with E-state index in [-0.39, 0.29) is 0 Å². The number of rotatable bonds is 4. The van der Waals surface area contributed by atoms with Gasteiger partial charge in [-0.15, -0.1) is 11.3 Å². The van der Waals surface area contributed by atoms with Crippen LogP contribution in [0.15, 0.2) is 48.9 Å². The van der Waals surface area contributed by atoms with Crippen LogP contribution in [-0.4, -0.2) is 14.8 Å². The van der Waals surface area contributed by atoms with E-state index in [9.17, 15) is 0 Å². The summed E-state index contributed by atoms with van der Waals surface area (Å²) in [6, 6.07) is 9.96. The third-order valence-corrected chi connectivity index (χ3v) is 3.52. The van der Waals surface area contributed by atoms with Gasteiger partial charge in [0.05, 0.1) is 28.0 Å². The molecule has 0 aliphatic rings. The fourth-order valence-electron chi connectivity index (χ4n) is 1.73. The van der Waals surface area contributed by atoms with Crippen molar-refractivity contribution in [1.29, 1.82) is 0 Å². The molecule has 0 unspecified atom stereocenters. The molecule has 2 heterocycles. The van der Waals surface area contributed by atoms with Crippen molar-refractivity contribution in [3.63, 3.8) is 0 Å². The molecule has 0 aliphatic heterocycles. The van der Waals surface area contributed by atoms with Crippen molar-refractivity contribution in [2.75, 3.05) is 0 Å². The number of hydrogen-bond acceptors (Lipinski definition) is 4. The summed E-state index contributed by atoms with van der Waals surface area (Å²) < 4.78 is 7.49. The molecule has 0 aliphatic carbocycles. The van der Waals surface area contributed by atoms with Crippen LogP contribution >= 0.6 is 11.3 Å². The van der Waals surface area contributed by atoms with Crippen LogP contribution < -0.4 is 4.74 Å². The molecule has 0 atom stereocenters. The lowest BCUT2D eigenvalue weighted by Crippen LogP contribution is -1.93. The number of hydrogen-bond donors (Lipinski definition) is 0. The summed E-state index contributed by atoms with van der Waals surface area (Å²) >= 11 is 1.65. The maximum Gasteiger partial charge on any atom is 0.158 e. The second-order valence-corrected chi connectivity index (χ2v) is 5.41. The van der Waals surface area contributed by atoms with Crippen molar-refractivity contribution in [1.82, 2.24) is 14.8 Å². The second kappa shape index (κ2) is 5.24. The van der Waals surface area contributed by atoms with E-state index < -0.39 is 0 Å². The summed E-state index contributed by atoms with van der Waals surface area (Å²) in [7, 11) is 0. The summed E-state index contributed by atoms with van der Waals surface area (Å²) in [4.78, 5) is 5.32. The van der Waals surface area contributed by atoms with Gasteiger partial charge in [0, 0.05) is 6.20 Å². The Hall–Kier alpha value is -2.14. The summed E-state index contributed by atoms with van der Waals surface area (Å²) in [5.74, 6) is 0.759. The predicted octanol–water partition coefficient (Wildman–Crippen LogP) is 3.22. The first-order valence-electron chi connectivity index (χ1n) is 5.95. The molecule has 1 aromatic carbocycles. The second-order valence-electron chi connectivity index (χ2n) is 4.09. The number of aromatic nitrogens is 3. The minimum atomic E-state index is 0.534. The van der Waals surface area contributed by atoms with Crippen LogP contribution in [-0.2, 0) is 6.61 Å². The van der Waals surface area contributed by atoms with Crippen LogP contribution in [0.4, 0.5) is 0 Å². The fourth-order valence-corrected chi connectivity index (χ4v) is 2.44. The Morgan fingerprint density at radius 1 is 1.21 bits per heavy atom. The SMILES string of the molecule is Cc1ncc(COc2cnn(-c3ccccc3)c2)s1. The first-order chi connectivity index (χ1) is 9.31. The first kappa shape index (κ1) is 11.9. The molecular weight excluding hydrogens is 258 g/mol. The van der Waals surface area contributed by atoms with E-state index in [1.807, 2.05) is 49.6 Å². The highest BCUT2D eigenvalue weighted by Gasteiger charge is 2.03. The molecule has 5 heteroatoms. The molecule has 0 fully saturated rings. The van der Waals surface area contributed by atoms with E-state index in [0.29, 0.717) is 6.61 Å². The Morgan fingerprint density at radius 2 is 2.05 bits per heavy atom. The number of thiazole rings is 1. The lowest BCUT2D eigenvalue weighted by atomic mass is 10.3. The summed E-state index contributed by atoms with van der Waals surface area (Å²) in [6.45, 7) is 2.52. The number of ether oxygens (including phenoxy) is 1. The van der Waals surface area contributed by atoms with Crippen LogP contribution in [0.2, 0.25) is 0 Å². The summed E-state index contributed by atoms with van der Waals surface area (Å²) in [6.07, 6.45) is 5.45. The van der Waals surface area contributed by atoms with Gasteiger partial charge in [0.2, 0.25) is 0 Å². The standard InChI is InChI=1S/C14H13N3OS/c1-11-15-8-14(19-11)10-18-13-7-16-17(9-13)12-5-3-2-4-6-12/h2-9H,10H2,1H3. The quantitative estimate of drug-likeness (QED) is 0.731. The zero-order valence-corrected chi connectivity index (χ0v) is 11.3. The van der Waals surface area contributed by atoms with Gasteiger partial charge in [-0.05, 0) is 19.1 Å². The molecule has 0 bridgehead atoms.